The fraction of sp³-hybridized carbons (Fsp3) is 0.222. The lowest BCUT2D eigenvalue weighted by Gasteiger charge is -2.10. The van der Waals surface area contributed by atoms with Gasteiger partial charge >= 0.3 is 6.03 Å². The molecule has 144 valence electrons. The third-order valence-corrected chi connectivity index (χ3v) is 4.77. The molecule has 3 N–H and O–H groups in total. The maximum absolute atomic E-state index is 12.3. The molecule has 9 heteroatoms. The molecule has 0 atom stereocenters. The largest absolute Gasteiger partial charge is 0.494 e. The van der Waals surface area contributed by atoms with Gasteiger partial charge in [0, 0.05) is 19.2 Å². The quantitative estimate of drug-likeness (QED) is 0.670. The van der Waals surface area contributed by atoms with Crippen molar-refractivity contribution in [3.63, 3.8) is 0 Å². The number of carbonyl (C=O) groups is 2. The Balaban J connectivity index is 1.98. The van der Waals surface area contributed by atoms with Crippen molar-refractivity contribution < 1.29 is 22.7 Å². The van der Waals surface area contributed by atoms with Crippen LogP contribution in [0.4, 0.5) is 10.5 Å². The first kappa shape index (κ1) is 20.2. The van der Waals surface area contributed by atoms with Crippen LogP contribution in [0.5, 0.6) is 5.75 Å². The Morgan fingerprint density at radius 1 is 1.00 bits per heavy atom. The highest BCUT2D eigenvalue weighted by Gasteiger charge is 2.17. The van der Waals surface area contributed by atoms with Gasteiger partial charge in [-0.2, -0.15) is 0 Å². The SMILES string of the molecule is CCOc1ccc(NC(=O)NS(=O)(=O)c2ccc(CNC(C)=O)cc2)cc1. The number of hydrogen-bond donors (Lipinski definition) is 3. The Labute approximate surface area is 158 Å². The van der Waals surface area contributed by atoms with Gasteiger partial charge in [-0.15, -0.1) is 0 Å². The van der Waals surface area contributed by atoms with E-state index in [0.717, 1.165) is 5.56 Å². The van der Waals surface area contributed by atoms with Gasteiger partial charge in [-0.1, -0.05) is 12.1 Å². The van der Waals surface area contributed by atoms with Crippen LogP contribution >= 0.6 is 0 Å². The zero-order valence-electron chi connectivity index (χ0n) is 15.0. The summed E-state index contributed by atoms with van der Waals surface area (Å²) in [6.07, 6.45) is 0. The minimum atomic E-state index is -4.02. The fourth-order valence-electron chi connectivity index (χ4n) is 2.15. The summed E-state index contributed by atoms with van der Waals surface area (Å²) in [4.78, 5) is 22.8. The molecule has 0 radical (unpaired) electrons. The lowest BCUT2D eigenvalue weighted by atomic mass is 10.2. The van der Waals surface area contributed by atoms with E-state index < -0.39 is 16.1 Å². The molecule has 0 aliphatic carbocycles. The molecule has 0 fully saturated rings. The summed E-state index contributed by atoms with van der Waals surface area (Å²) in [6.45, 7) is 4.07. The highest BCUT2D eigenvalue weighted by atomic mass is 32.2. The van der Waals surface area contributed by atoms with Gasteiger partial charge in [-0.3, -0.25) is 4.79 Å². The summed E-state index contributed by atoms with van der Waals surface area (Å²) >= 11 is 0. The van der Waals surface area contributed by atoms with E-state index in [-0.39, 0.29) is 10.8 Å². The number of hydrogen-bond acceptors (Lipinski definition) is 5. The van der Waals surface area contributed by atoms with Crippen LogP contribution in [0.3, 0.4) is 0 Å². The molecule has 3 amide bonds. The highest BCUT2D eigenvalue weighted by Crippen LogP contribution is 2.16. The van der Waals surface area contributed by atoms with Crippen molar-refractivity contribution in [3.8, 4) is 5.75 Å². The molecule has 0 saturated carbocycles. The van der Waals surface area contributed by atoms with E-state index >= 15 is 0 Å². The number of rotatable bonds is 7. The van der Waals surface area contributed by atoms with Crippen LogP contribution in [0.2, 0.25) is 0 Å². The van der Waals surface area contributed by atoms with Crippen molar-refractivity contribution >= 4 is 27.6 Å². The second-order valence-corrected chi connectivity index (χ2v) is 7.25. The lowest BCUT2D eigenvalue weighted by molar-refractivity contribution is -0.119. The molecule has 0 unspecified atom stereocenters. The van der Waals surface area contributed by atoms with Gasteiger partial charge in [-0.25, -0.2) is 17.9 Å². The molecule has 0 heterocycles. The molecular formula is C18H21N3O5S. The number of ether oxygens (including phenoxy) is 1. The van der Waals surface area contributed by atoms with E-state index in [2.05, 4.69) is 10.6 Å². The zero-order chi connectivity index (χ0) is 19.9. The number of sulfonamides is 1. The van der Waals surface area contributed by atoms with E-state index in [0.29, 0.717) is 24.6 Å². The van der Waals surface area contributed by atoms with Crippen LogP contribution < -0.4 is 20.1 Å². The second kappa shape index (κ2) is 9.04. The number of carbonyl (C=O) groups excluding carboxylic acids is 2. The summed E-state index contributed by atoms with van der Waals surface area (Å²) in [5.41, 5.74) is 1.17. The van der Waals surface area contributed by atoms with Crippen molar-refractivity contribution in [2.75, 3.05) is 11.9 Å². The first-order valence-electron chi connectivity index (χ1n) is 8.20. The first-order chi connectivity index (χ1) is 12.8. The minimum Gasteiger partial charge on any atom is -0.494 e. The molecule has 0 aliphatic rings. The topological polar surface area (TPSA) is 114 Å². The summed E-state index contributed by atoms with van der Waals surface area (Å²) in [5, 5.41) is 5.06. The third kappa shape index (κ3) is 6.30. The van der Waals surface area contributed by atoms with Gasteiger partial charge in [-0.05, 0) is 48.9 Å². The summed E-state index contributed by atoms with van der Waals surface area (Å²) < 4.78 is 31.8. The smallest absolute Gasteiger partial charge is 0.333 e. The number of urea groups is 1. The van der Waals surface area contributed by atoms with E-state index in [1.807, 2.05) is 11.6 Å². The normalized spacial score (nSPS) is 10.7. The molecule has 2 aromatic carbocycles. The Kier molecular flexibility index (Phi) is 6.78. The van der Waals surface area contributed by atoms with Crippen LogP contribution in [-0.4, -0.2) is 27.0 Å². The van der Waals surface area contributed by atoms with Crippen molar-refractivity contribution in [2.24, 2.45) is 0 Å². The van der Waals surface area contributed by atoms with Crippen LogP contribution in [0.15, 0.2) is 53.4 Å². The molecule has 0 aliphatic heterocycles. The molecule has 0 bridgehead atoms. The fourth-order valence-corrected chi connectivity index (χ4v) is 3.06. The van der Waals surface area contributed by atoms with Crippen molar-refractivity contribution in [2.45, 2.75) is 25.3 Å². The maximum Gasteiger partial charge on any atom is 0.333 e. The van der Waals surface area contributed by atoms with Crippen LogP contribution in [0, 0.1) is 0 Å². The van der Waals surface area contributed by atoms with Gasteiger partial charge in [0.2, 0.25) is 5.91 Å². The number of amides is 3. The molecule has 2 rings (SSSR count). The molecule has 2 aromatic rings. The van der Waals surface area contributed by atoms with Gasteiger partial charge in [0.1, 0.15) is 5.75 Å². The van der Waals surface area contributed by atoms with Crippen LogP contribution in [0.1, 0.15) is 19.4 Å². The standard InChI is InChI=1S/C18H21N3O5S/c1-3-26-16-8-6-15(7-9-16)20-18(23)21-27(24,25)17-10-4-14(5-11-17)12-19-13(2)22/h4-11H,3,12H2,1-2H3,(H,19,22)(H2,20,21,23). The van der Waals surface area contributed by atoms with Gasteiger partial charge in [0.25, 0.3) is 10.0 Å². The summed E-state index contributed by atoms with van der Waals surface area (Å²) in [6, 6.07) is 11.5. The minimum absolute atomic E-state index is 0.0593. The monoisotopic (exact) mass is 391 g/mol. The lowest BCUT2D eigenvalue weighted by Crippen LogP contribution is -2.34. The number of nitrogens with one attached hydrogen (secondary N) is 3. The number of benzene rings is 2. The Hall–Kier alpha value is -3.07. The first-order valence-corrected chi connectivity index (χ1v) is 9.68. The number of anilines is 1. The van der Waals surface area contributed by atoms with E-state index in [1.54, 1.807) is 36.4 Å². The third-order valence-electron chi connectivity index (χ3n) is 3.43. The van der Waals surface area contributed by atoms with Crippen molar-refractivity contribution in [3.05, 3.63) is 54.1 Å². The Morgan fingerprint density at radius 2 is 1.63 bits per heavy atom. The van der Waals surface area contributed by atoms with E-state index in [1.165, 1.54) is 19.1 Å². The summed E-state index contributed by atoms with van der Waals surface area (Å²) in [7, 11) is -4.02. The summed E-state index contributed by atoms with van der Waals surface area (Å²) in [5.74, 6) is 0.467. The molecule has 0 saturated heterocycles. The predicted octanol–water partition coefficient (Wildman–Crippen LogP) is 2.23. The van der Waals surface area contributed by atoms with E-state index in [4.69, 9.17) is 4.74 Å². The molecule has 27 heavy (non-hydrogen) atoms. The second-order valence-electron chi connectivity index (χ2n) is 5.57. The maximum atomic E-state index is 12.3. The van der Waals surface area contributed by atoms with Gasteiger partial charge < -0.3 is 15.4 Å². The van der Waals surface area contributed by atoms with Gasteiger partial charge in [0.15, 0.2) is 0 Å². The van der Waals surface area contributed by atoms with Crippen molar-refractivity contribution in [1.82, 2.24) is 10.0 Å². The zero-order valence-corrected chi connectivity index (χ0v) is 15.8. The molecular weight excluding hydrogens is 370 g/mol. The van der Waals surface area contributed by atoms with Crippen LogP contribution in [0.25, 0.3) is 0 Å². The van der Waals surface area contributed by atoms with Gasteiger partial charge in [0.05, 0.1) is 11.5 Å². The Morgan fingerprint density at radius 3 is 2.19 bits per heavy atom. The molecule has 0 spiro atoms. The Bertz CT molecular complexity index is 894. The van der Waals surface area contributed by atoms with Crippen molar-refractivity contribution in [1.29, 1.82) is 0 Å². The van der Waals surface area contributed by atoms with E-state index in [9.17, 15) is 18.0 Å². The highest BCUT2D eigenvalue weighted by molar-refractivity contribution is 7.90. The molecule has 0 aromatic heterocycles. The average Bonchev–Trinajstić information content (AvgIpc) is 2.61. The molecule has 8 nitrogen and oxygen atoms in total. The van der Waals surface area contributed by atoms with Crippen LogP contribution in [-0.2, 0) is 21.4 Å². The average molecular weight is 391 g/mol. The predicted molar refractivity (Wildman–Crippen MR) is 101 cm³/mol.